The maximum absolute atomic E-state index is 6.02. The molecule has 0 bridgehead atoms. The number of nitrogens with zero attached hydrogens (tertiary/aromatic N) is 3. The van der Waals surface area contributed by atoms with Crippen LogP contribution in [0, 0.1) is 0 Å². The van der Waals surface area contributed by atoms with Gasteiger partial charge >= 0.3 is 6.01 Å². The minimum atomic E-state index is 0.0626. The van der Waals surface area contributed by atoms with Crippen LogP contribution < -0.4 is 19.9 Å². The molecule has 3 aromatic rings. The number of rotatable bonds is 5. The SMILES string of the molecule is COc1cc(OC)nc(Oc2cccc(N)c2-c2cnco2)n1. The third kappa shape index (κ3) is 3.00. The van der Waals surface area contributed by atoms with E-state index >= 15 is 0 Å². The lowest BCUT2D eigenvalue weighted by Gasteiger charge is -2.11. The summed E-state index contributed by atoms with van der Waals surface area (Å²) >= 11 is 0. The summed E-state index contributed by atoms with van der Waals surface area (Å²) in [6.45, 7) is 0. The Morgan fingerprint density at radius 1 is 1.09 bits per heavy atom. The van der Waals surface area contributed by atoms with E-state index in [-0.39, 0.29) is 6.01 Å². The predicted molar refractivity (Wildman–Crippen MR) is 81.6 cm³/mol. The summed E-state index contributed by atoms with van der Waals surface area (Å²) in [4.78, 5) is 12.1. The average molecular weight is 314 g/mol. The van der Waals surface area contributed by atoms with Crippen molar-refractivity contribution in [3.8, 4) is 34.8 Å². The number of aromatic nitrogens is 3. The molecular weight excluding hydrogens is 300 g/mol. The lowest BCUT2D eigenvalue weighted by molar-refractivity contribution is 0.348. The first kappa shape index (κ1) is 14.6. The monoisotopic (exact) mass is 314 g/mol. The Hall–Kier alpha value is -3.29. The molecule has 0 aliphatic rings. The maximum Gasteiger partial charge on any atom is 0.328 e. The second-order valence-corrected chi connectivity index (χ2v) is 4.42. The van der Waals surface area contributed by atoms with Gasteiger partial charge in [0.25, 0.3) is 0 Å². The van der Waals surface area contributed by atoms with Crippen molar-refractivity contribution < 1.29 is 18.6 Å². The average Bonchev–Trinajstić information content (AvgIpc) is 3.08. The standard InChI is InChI=1S/C15H14N4O4/c1-20-12-6-13(21-2)19-15(18-12)23-10-5-3-4-9(16)14(10)11-7-17-8-22-11/h3-8H,16H2,1-2H3. The van der Waals surface area contributed by atoms with Gasteiger partial charge in [-0.2, -0.15) is 9.97 Å². The Morgan fingerprint density at radius 2 is 1.83 bits per heavy atom. The number of nitrogen functional groups attached to an aromatic ring is 1. The van der Waals surface area contributed by atoms with Gasteiger partial charge < -0.3 is 24.4 Å². The molecule has 0 unspecified atom stereocenters. The van der Waals surface area contributed by atoms with Crippen LogP contribution in [-0.4, -0.2) is 29.2 Å². The molecule has 0 fully saturated rings. The minimum Gasteiger partial charge on any atom is -0.481 e. The predicted octanol–water partition coefficient (Wildman–Crippen LogP) is 2.52. The molecule has 1 aromatic carbocycles. The fraction of sp³-hybridized carbons (Fsp3) is 0.133. The first-order valence-corrected chi connectivity index (χ1v) is 6.63. The number of nitrogens with two attached hydrogens (primary N) is 1. The molecule has 8 nitrogen and oxygen atoms in total. The van der Waals surface area contributed by atoms with Crippen molar-refractivity contribution >= 4 is 5.69 Å². The van der Waals surface area contributed by atoms with Gasteiger partial charge in [0, 0.05) is 5.69 Å². The van der Waals surface area contributed by atoms with Crippen molar-refractivity contribution in [1.29, 1.82) is 0 Å². The molecule has 0 atom stereocenters. The van der Waals surface area contributed by atoms with Gasteiger partial charge in [-0.05, 0) is 12.1 Å². The van der Waals surface area contributed by atoms with Crippen molar-refractivity contribution in [2.75, 3.05) is 20.0 Å². The van der Waals surface area contributed by atoms with Gasteiger partial charge in [0.2, 0.25) is 11.8 Å². The Labute approximate surface area is 131 Å². The number of methoxy groups -OCH3 is 2. The first-order valence-electron chi connectivity index (χ1n) is 6.63. The van der Waals surface area contributed by atoms with Crippen LogP contribution >= 0.6 is 0 Å². The van der Waals surface area contributed by atoms with E-state index in [1.54, 1.807) is 30.5 Å². The van der Waals surface area contributed by atoms with Crippen molar-refractivity contribution in [2.24, 2.45) is 0 Å². The quantitative estimate of drug-likeness (QED) is 0.716. The molecule has 3 rings (SSSR count). The van der Waals surface area contributed by atoms with Crippen LogP contribution in [0.3, 0.4) is 0 Å². The number of hydrogen-bond acceptors (Lipinski definition) is 8. The van der Waals surface area contributed by atoms with Crippen LogP contribution in [0.1, 0.15) is 0 Å². The Bertz CT molecular complexity index is 783. The highest BCUT2D eigenvalue weighted by Crippen LogP contribution is 2.37. The third-order valence-electron chi connectivity index (χ3n) is 3.02. The highest BCUT2D eigenvalue weighted by molar-refractivity contribution is 5.78. The molecule has 0 aliphatic carbocycles. The maximum atomic E-state index is 6.02. The molecule has 0 amide bonds. The van der Waals surface area contributed by atoms with Crippen LogP contribution in [0.4, 0.5) is 5.69 Å². The first-order chi connectivity index (χ1) is 11.2. The van der Waals surface area contributed by atoms with Gasteiger partial charge in [-0.25, -0.2) is 4.98 Å². The van der Waals surface area contributed by atoms with E-state index in [0.717, 1.165) is 0 Å². The minimum absolute atomic E-state index is 0.0626. The van der Waals surface area contributed by atoms with Gasteiger partial charge in [-0.3, -0.25) is 0 Å². The number of benzene rings is 1. The number of anilines is 1. The Morgan fingerprint density at radius 3 is 2.43 bits per heavy atom. The summed E-state index contributed by atoms with van der Waals surface area (Å²) in [6, 6.07) is 6.82. The smallest absolute Gasteiger partial charge is 0.328 e. The van der Waals surface area contributed by atoms with Crippen molar-refractivity contribution in [2.45, 2.75) is 0 Å². The zero-order valence-electron chi connectivity index (χ0n) is 12.5. The molecule has 0 radical (unpaired) electrons. The van der Waals surface area contributed by atoms with Crippen LogP contribution in [0.15, 0.2) is 41.3 Å². The molecule has 8 heteroatoms. The van der Waals surface area contributed by atoms with Gasteiger partial charge in [0.15, 0.2) is 12.2 Å². The largest absolute Gasteiger partial charge is 0.481 e. The van der Waals surface area contributed by atoms with E-state index in [4.69, 9.17) is 24.4 Å². The molecule has 2 heterocycles. The third-order valence-corrected chi connectivity index (χ3v) is 3.02. The summed E-state index contributed by atoms with van der Waals surface area (Å²) in [7, 11) is 2.98. The molecule has 0 spiro atoms. The van der Waals surface area contributed by atoms with Gasteiger partial charge in [-0.1, -0.05) is 6.07 Å². The molecule has 0 saturated carbocycles. The van der Waals surface area contributed by atoms with Crippen molar-refractivity contribution in [3.63, 3.8) is 0 Å². The molecule has 23 heavy (non-hydrogen) atoms. The summed E-state index contributed by atoms with van der Waals surface area (Å²) in [5, 5.41) is 0. The molecule has 118 valence electrons. The van der Waals surface area contributed by atoms with Gasteiger partial charge in [0.05, 0.1) is 32.0 Å². The van der Waals surface area contributed by atoms with E-state index in [0.29, 0.717) is 34.5 Å². The molecule has 0 saturated heterocycles. The second kappa shape index (κ2) is 6.22. The van der Waals surface area contributed by atoms with E-state index in [1.165, 1.54) is 20.6 Å². The highest BCUT2D eigenvalue weighted by Gasteiger charge is 2.16. The summed E-state index contributed by atoms with van der Waals surface area (Å²) < 4.78 is 21.3. The van der Waals surface area contributed by atoms with E-state index in [1.807, 2.05) is 0 Å². The van der Waals surface area contributed by atoms with Gasteiger partial charge in [-0.15, -0.1) is 0 Å². The Kier molecular flexibility index (Phi) is 3.96. The normalized spacial score (nSPS) is 10.3. The van der Waals surface area contributed by atoms with Crippen molar-refractivity contribution in [3.05, 3.63) is 36.9 Å². The van der Waals surface area contributed by atoms with Gasteiger partial charge in [0.1, 0.15) is 5.75 Å². The Balaban J connectivity index is 2.03. The summed E-state index contributed by atoms with van der Waals surface area (Å²) in [5.74, 6) is 1.54. The highest BCUT2D eigenvalue weighted by atomic mass is 16.5. The molecule has 0 aliphatic heterocycles. The number of ether oxygens (including phenoxy) is 3. The second-order valence-electron chi connectivity index (χ2n) is 4.42. The van der Waals surface area contributed by atoms with E-state index in [9.17, 15) is 0 Å². The molecular formula is C15H14N4O4. The van der Waals surface area contributed by atoms with Crippen LogP contribution in [-0.2, 0) is 0 Å². The summed E-state index contributed by atoms with van der Waals surface area (Å²) in [6.07, 6.45) is 2.86. The molecule has 2 aromatic heterocycles. The van der Waals surface area contributed by atoms with Crippen molar-refractivity contribution in [1.82, 2.24) is 15.0 Å². The van der Waals surface area contributed by atoms with E-state index in [2.05, 4.69) is 15.0 Å². The topological polar surface area (TPSA) is 106 Å². The number of hydrogen-bond donors (Lipinski definition) is 1. The zero-order chi connectivity index (χ0) is 16.2. The lowest BCUT2D eigenvalue weighted by Crippen LogP contribution is -1.99. The zero-order valence-corrected chi connectivity index (χ0v) is 12.5. The fourth-order valence-electron chi connectivity index (χ4n) is 1.97. The lowest BCUT2D eigenvalue weighted by atomic mass is 10.1. The van der Waals surface area contributed by atoms with Crippen LogP contribution in [0.25, 0.3) is 11.3 Å². The summed E-state index contributed by atoms with van der Waals surface area (Å²) in [5.41, 5.74) is 7.07. The molecule has 2 N–H and O–H groups in total. The van der Waals surface area contributed by atoms with E-state index < -0.39 is 0 Å². The van der Waals surface area contributed by atoms with Crippen LogP contribution in [0.2, 0.25) is 0 Å². The number of oxazole rings is 1. The fourth-order valence-corrected chi connectivity index (χ4v) is 1.97. The van der Waals surface area contributed by atoms with Crippen LogP contribution in [0.5, 0.6) is 23.5 Å².